The SMILES string of the molecule is CCC(=O)c1ccc(OCCO)c(F)c1-c1c(Cl)c(F)cc2c1C[C@@](CNC)(c1ccccc1)O2. The molecule has 0 aromatic heterocycles. The van der Waals surface area contributed by atoms with Crippen LogP contribution in [0.1, 0.15) is 34.8 Å². The summed E-state index contributed by atoms with van der Waals surface area (Å²) in [6, 6.07) is 13.5. The number of hydrogen-bond acceptors (Lipinski definition) is 5. The van der Waals surface area contributed by atoms with E-state index in [4.69, 9.17) is 26.2 Å². The molecular weight excluding hydrogens is 476 g/mol. The van der Waals surface area contributed by atoms with E-state index in [1.54, 1.807) is 14.0 Å². The van der Waals surface area contributed by atoms with Gasteiger partial charge in [0, 0.05) is 47.7 Å². The van der Waals surface area contributed by atoms with E-state index in [-0.39, 0.29) is 65.1 Å². The number of ether oxygens (including phenoxy) is 2. The van der Waals surface area contributed by atoms with E-state index in [0.29, 0.717) is 12.1 Å². The number of Topliss-reactive ketones (excluding diaryl/α,β-unsaturated/α-hetero) is 1. The summed E-state index contributed by atoms with van der Waals surface area (Å²) in [6.45, 7) is 1.59. The van der Waals surface area contributed by atoms with E-state index < -0.39 is 17.2 Å². The summed E-state index contributed by atoms with van der Waals surface area (Å²) in [5.74, 6) is -1.90. The number of likely N-dealkylation sites (N-methyl/N-ethyl adjacent to an activating group) is 1. The highest BCUT2D eigenvalue weighted by Crippen LogP contribution is 2.50. The first-order valence-corrected chi connectivity index (χ1v) is 11.7. The molecule has 8 heteroatoms. The van der Waals surface area contributed by atoms with Gasteiger partial charge in [-0.25, -0.2) is 8.78 Å². The molecule has 0 bridgehead atoms. The molecule has 0 saturated heterocycles. The molecule has 1 heterocycles. The summed E-state index contributed by atoms with van der Waals surface area (Å²) < 4.78 is 42.7. The van der Waals surface area contributed by atoms with Crippen molar-refractivity contribution in [1.82, 2.24) is 5.32 Å². The molecule has 2 N–H and O–H groups in total. The van der Waals surface area contributed by atoms with Crippen LogP contribution in [0.4, 0.5) is 8.78 Å². The molecule has 0 spiro atoms. The van der Waals surface area contributed by atoms with Gasteiger partial charge in [0.05, 0.1) is 11.6 Å². The zero-order valence-electron chi connectivity index (χ0n) is 19.5. The number of rotatable bonds is 9. The Bertz CT molecular complexity index is 1250. The van der Waals surface area contributed by atoms with Crippen LogP contribution in [0.25, 0.3) is 11.1 Å². The standard InChI is InChI=1S/C27H26ClF2NO4/c1-3-20(33)17-9-10-21(34-12-11-32)26(30)24(17)23-18-14-27(15-31-2,16-7-5-4-6-8-16)35-22(18)13-19(29)25(23)28/h4-10,13,31-32H,3,11-12,14-15H2,1-2H3/t27-/m1/s1. The van der Waals surface area contributed by atoms with Crippen LogP contribution in [-0.4, -0.2) is 37.7 Å². The van der Waals surface area contributed by atoms with Gasteiger partial charge in [-0.05, 0) is 24.7 Å². The number of carbonyl (C=O) groups is 1. The van der Waals surface area contributed by atoms with E-state index in [2.05, 4.69) is 5.32 Å². The van der Waals surface area contributed by atoms with Crippen LogP contribution in [0.15, 0.2) is 48.5 Å². The van der Waals surface area contributed by atoms with Gasteiger partial charge >= 0.3 is 0 Å². The molecular formula is C27H26ClF2NO4. The number of hydrogen-bond donors (Lipinski definition) is 2. The van der Waals surface area contributed by atoms with Crippen molar-refractivity contribution in [3.63, 3.8) is 0 Å². The molecule has 4 rings (SSSR count). The minimum absolute atomic E-state index is 0.0688. The maximum Gasteiger partial charge on any atom is 0.173 e. The molecule has 1 aliphatic rings. The number of carbonyl (C=O) groups excluding carboxylic acids is 1. The van der Waals surface area contributed by atoms with E-state index in [1.165, 1.54) is 18.2 Å². The molecule has 35 heavy (non-hydrogen) atoms. The van der Waals surface area contributed by atoms with Crippen molar-refractivity contribution in [2.75, 3.05) is 26.8 Å². The second-order valence-corrected chi connectivity index (χ2v) is 8.72. The Morgan fingerprint density at radius 3 is 2.60 bits per heavy atom. The van der Waals surface area contributed by atoms with Gasteiger partial charge in [0.1, 0.15) is 18.2 Å². The summed E-state index contributed by atoms with van der Waals surface area (Å²) in [5.41, 5.74) is 0.476. The minimum atomic E-state index is -0.888. The average Bonchev–Trinajstić information content (AvgIpc) is 3.23. The Balaban J connectivity index is 1.98. The fourth-order valence-electron chi connectivity index (χ4n) is 4.58. The summed E-state index contributed by atoms with van der Waals surface area (Å²) in [4.78, 5) is 12.8. The van der Waals surface area contributed by atoms with Gasteiger partial charge in [-0.15, -0.1) is 0 Å². The van der Waals surface area contributed by atoms with Crippen molar-refractivity contribution in [2.24, 2.45) is 0 Å². The van der Waals surface area contributed by atoms with Gasteiger partial charge in [0.15, 0.2) is 23.0 Å². The van der Waals surface area contributed by atoms with Crippen molar-refractivity contribution in [1.29, 1.82) is 0 Å². The number of fused-ring (bicyclic) bond motifs is 1. The third-order valence-electron chi connectivity index (χ3n) is 6.14. The summed E-state index contributed by atoms with van der Waals surface area (Å²) in [6.07, 6.45) is 0.381. The van der Waals surface area contributed by atoms with Crippen LogP contribution in [0.3, 0.4) is 0 Å². The van der Waals surface area contributed by atoms with Gasteiger partial charge in [0.25, 0.3) is 0 Å². The smallest absolute Gasteiger partial charge is 0.173 e. The molecule has 0 radical (unpaired) electrons. The lowest BCUT2D eigenvalue weighted by molar-refractivity contribution is 0.0940. The number of ketones is 1. The molecule has 0 amide bonds. The minimum Gasteiger partial charge on any atom is -0.488 e. The third kappa shape index (κ3) is 4.51. The molecule has 5 nitrogen and oxygen atoms in total. The Hall–Kier alpha value is -3.00. The highest BCUT2D eigenvalue weighted by atomic mass is 35.5. The van der Waals surface area contributed by atoms with Crippen LogP contribution < -0.4 is 14.8 Å². The normalized spacial score (nSPS) is 16.6. The fourth-order valence-corrected chi connectivity index (χ4v) is 4.84. The number of benzene rings is 3. The Morgan fingerprint density at radius 2 is 1.94 bits per heavy atom. The largest absolute Gasteiger partial charge is 0.488 e. The quantitative estimate of drug-likeness (QED) is 0.389. The second-order valence-electron chi connectivity index (χ2n) is 8.34. The lowest BCUT2D eigenvalue weighted by Gasteiger charge is -2.29. The van der Waals surface area contributed by atoms with Crippen molar-refractivity contribution < 1.29 is 28.2 Å². The van der Waals surface area contributed by atoms with Crippen LogP contribution >= 0.6 is 11.6 Å². The maximum absolute atomic E-state index is 15.9. The molecule has 0 unspecified atom stereocenters. The van der Waals surface area contributed by atoms with Gasteiger partial charge in [-0.2, -0.15) is 0 Å². The van der Waals surface area contributed by atoms with Gasteiger partial charge in [0.2, 0.25) is 0 Å². The monoisotopic (exact) mass is 501 g/mol. The topological polar surface area (TPSA) is 67.8 Å². The van der Waals surface area contributed by atoms with Crippen molar-refractivity contribution >= 4 is 17.4 Å². The zero-order chi connectivity index (χ0) is 25.2. The second kappa shape index (κ2) is 10.3. The predicted octanol–water partition coefficient (Wildman–Crippen LogP) is 5.30. The summed E-state index contributed by atoms with van der Waals surface area (Å²) in [5, 5.41) is 11.9. The third-order valence-corrected chi connectivity index (χ3v) is 6.51. The van der Waals surface area contributed by atoms with E-state index in [9.17, 15) is 4.79 Å². The van der Waals surface area contributed by atoms with Crippen LogP contribution in [-0.2, 0) is 12.0 Å². The van der Waals surface area contributed by atoms with Crippen molar-refractivity contribution in [2.45, 2.75) is 25.4 Å². The van der Waals surface area contributed by atoms with Crippen molar-refractivity contribution in [3.8, 4) is 22.6 Å². The molecule has 0 aliphatic carbocycles. The summed E-state index contributed by atoms with van der Waals surface area (Å²) >= 11 is 6.47. The first-order chi connectivity index (χ1) is 16.9. The van der Waals surface area contributed by atoms with Crippen molar-refractivity contribution in [3.05, 3.63) is 81.9 Å². The Labute approximate surface area is 207 Å². The molecule has 3 aromatic rings. The molecule has 0 saturated carbocycles. The van der Waals surface area contributed by atoms with Crippen LogP contribution in [0.2, 0.25) is 5.02 Å². The zero-order valence-corrected chi connectivity index (χ0v) is 20.2. The average molecular weight is 502 g/mol. The lowest BCUT2D eigenvalue weighted by Crippen LogP contribution is -2.41. The Morgan fingerprint density at radius 1 is 1.20 bits per heavy atom. The lowest BCUT2D eigenvalue weighted by atomic mass is 9.84. The van der Waals surface area contributed by atoms with E-state index >= 15 is 8.78 Å². The van der Waals surface area contributed by atoms with Gasteiger partial charge < -0.3 is 19.9 Å². The molecule has 1 aliphatic heterocycles. The number of halogens is 3. The highest BCUT2D eigenvalue weighted by Gasteiger charge is 2.43. The molecule has 3 aromatic carbocycles. The predicted molar refractivity (Wildman–Crippen MR) is 130 cm³/mol. The molecule has 184 valence electrons. The van der Waals surface area contributed by atoms with E-state index in [0.717, 1.165) is 5.56 Å². The highest BCUT2D eigenvalue weighted by molar-refractivity contribution is 6.34. The van der Waals surface area contributed by atoms with E-state index in [1.807, 2.05) is 30.3 Å². The Kier molecular flexibility index (Phi) is 7.40. The maximum atomic E-state index is 15.9. The van der Waals surface area contributed by atoms with Gasteiger partial charge in [-0.3, -0.25) is 4.79 Å². The molecule has 0 fully saturated rings. The van der Waals surface area contributed by atoms with Crippen LogP contribution in [0, 0.1) is 11.6 Å². The number of aliphatic hydroxyl groups excluding tert-OH is 1. The summed E-state index contributed by atoms with van der Waals surface area (Å²) in [7, 11) is 1.78. The number of aliphatic hydroxyl groups is 1. The first kappa shape index (κ1) is 25.1. The molecule has 1 atom stereocenters. The fraction of sp³-hybridized carbons (Fsp3) is 0.296. The number of nitrogens with one attached hydrogen (secondary N) is 1. The first-order valence-electron chi connectivity index (χ1n) is 11.4. The van der Waals surface area contributed by atoms with Crippen LogP contribution in [0.5, 0.6) is 11.5 Å². The van der Waals surface area contributed by atoms with Gasteiger partial charge in [-0.1, -0.05) is 48.9 Å².